The lowest BCUT2D eigenvalue weighted by molar-refractivity contribution is -0.125. The van der Waals surface area contributed by atoms with Crippen molar-refractivity contribution in [1.82, 2.24) is 14.9 Å². The monoisotopic (exact) mass is 295 g/mol. The molecule has 0 aliphatic heterocycles. The highest BCUT2D eigenvalue weighted by Gasteiger charge is 2.09. The first-order valence-electron chi connectivity index (χ1n) is 7.05. The second-order valence-corrected chi connectivity index (χ2v) is 5.18. The molecule has 2 heterocycles. The zero-order valence-corrected chi connectivity index (χ0v) is 12.5. The van der Waals surface area contributed by atoms with Crippen molar-refractivity contribution < 1.29 is 9.21 Å². The number of hydrogen-bond donors (Lipinski definition) is 1. The van der Waals surface area contributed by atoms with Gasteiger partial charge in [-0.1, -0.05) is 12.1 Å². The zero-order chi connectivity index (χ0) is 15.5. The highest BCUT2D eigenvalue weighted by Crippen LogP contribution is 2.12. The first-order chi connectivity index (χ1) is 10.6. The Labute approximate surface area is 128 Å². The van der Waals surface area contributed by atoms with Gasteiger partial charge in [0.1, 0.15) is 17.3 Å². The lowest BCUT2D eigenvalue weighted by Gasteiger charge is -2.12. The number of nitrogens with one attached hydrogen (secondary N) is 1. The normalized spacial score (nSPS) is 11.4. The summed E-state index contributed by atoms with van der Waals surface area (Å²) in [6.45, 7) is 2.29. The van der Waals surface area contributed by atoms with Gasteiger partial charge in [-0.25, -0.2) is 4.98 Å². The van der Waals surface area contributed by atoms with Crippen molar-refractivity contribution in [2.75, 3.05) is 7.05 Å². The number of hydrogen-bond acceptors (Lipinski definition) is 3. The van der Waals surface area contributed by atoms with Crippen LogP contribution in [0.3, 0.4) is 0 Å². The van der Waals surface area contributed by atoms with Crippen LogP contribution < -0.4 is 0 Å². The van der Waals surface area contributed by atoms with Crippen molar-refractivity contribution in [3.8, 4) is 0 Å². The van der Waals surface area contributed by atoms with E-state index in [1.165, 1.54) is 6.08 Å². The van der Waals surface area contributed by atoms with E-state index in [0.717, 1.165) is 22.6 Å². The lowest BCUT2D eigenvalue weighted by Crippen LogP contribution is -2.24. The number of aromatic amines is 1. The molecule has 0 saturated heterocycles. The third-order valence-electron chi connectivity index (χ3n) is 3.35. The van der Waals surface area contributed by atoms with Crippen LogP contribution in [0.25, 0.3) is 17.1 Å². The van der Waals surface area contributed by atoms with Gasteiger partial charge in [0.05, 0.1) is 17.6 Å². The van der Waals surface area contributed by atoms with E-state index in [-0.39, 0.29) is 5.91 Å². The number of para-hydroxylation sites is 2. The summed E-state index contributed by atoms with van der Waals surface area (Å²) in [5.74, 6) is 2.15. The van der Waals surface area contributed by atoms with E-state index in [4.69, 9.17) is 4.42 Å². The number of aromatic nitrogens is 2. The van der Waals surface area contributed by atoms with Crippen molar-refractivity contribution in [3.05, 3.63) is 59.8 Å². The number of nitrogens with zero attached hydrogens (tertiary/aromatic N) is 2. The Morgan fingerprint density at radius 3 is 2.86 bits per heavy atom. The van der Waals surface area contributed by atoms with E-state index in [2.05, 4.69) is 9.97 Å². The van der Waals surface area contributed by atoms with Gasteiger partial charge in [0.15, 0.2) is 0 Å². The van der Waals surface area contributed by atoms with E-state index in [0.29, 0.717) is 12.3 Å². The van der Waals surface area contributed by atoms with Gasteiger partial charge in [-0.2, -0.15) is 0 Å². The number of furan rings is 1. The standard InChI is InChI=1S/C17H17N3O2/c1-12-7-8-13(22-12)9-10-17(21)20(2)11-16-18-14-5-3-4-6-15(14)19-16/h3-10H,11H2,1-2H3,(H,18,19)/b10-9+. The molecule has 3 aromatic rings. The summed E-state index contributed by atoms with van der Waals surface area (Å²) in [6.07, 6.45) is 3.17. The molecule has 112 valence electrons. The van der Waals surface area contributed by atoms with E-state index >= 15 is 0 Å². The van der Waals surface area contributed by atoms with Gasteiger partial charge in [0, 0.05) is 13.1 Å². The van der Waals surface area contributed by atoms with Gasteiger partial charge in [-0.3, -0.25) is 4.79 Å². The Hall–Kier alpha value is -2.82. The fraction of sp³-hybridized carbons (Fsp3) is 0.176. The van der Waals surface area contributed by atoms with E-state index in [1.54, 1.807) is 18.0 Å². The number of imidazole rings is 1. The number of benzene rings is 1. The number of rotatable bonds is 4. The molecule has 0 spiro atoms. The first kappa shape index (κ1) is 14.1. The van der Waals surface area contributed by atoms with E-state index in [1.807, 2.05) is 43.3 Å². The molecule has 0 radical (unpaired) electrons. The second kappa shape index (κ2) is 5.89. The summed E-state index contributed by atoms with van der Waals surface area (Å²) in [7, 11) is 1.74. The Morgan fingerprint density at radius 1 is 1.32 bits per heavy atom. The van der Waals surface area contributed by atoms with Crippen molar-refractivity contribution in [2.24, 2.45) is 0 Å². The molecule has 0 unspecified atom stereocenters. The fourth-order valence-corrected chi connectivity index (χ4v) is 2.21. The van der Waals surface area contributed by atoms with Crippen molar-refractivity contribution in [1.29, 1.82) is 0 Å². The molecule has 1 N–H and O–H groups in total. The molecule has 0 aliphatic rings. The highest BCUT2D eigenvalue weighted by atomic mass is 16.3. The topological polar surface area (TPSA) is 62.1 Å². The molecule has 0 aliphatic carbocycles. The van der Waals surface area contributed by atoms with Crippen LogP contribution in [0.4, 0.5) is 0 Å². The van der Waals surface area contributed by atoms with Crippen LogP contribution in [0.5, 0.6) is 0 Å². The summed E-state index contributed by atoms with van der Waals surface area (Å²) in [6, 6.07) is 11.5. The summed E-state index contributed by atoms with van der Waals surface area (Å²) in [4.78, 5) is 21.4. The molecule has 0 fully saturated rings. The Morgan fingerprint density at radius 2 is 2.14 bits per heavy atom. The second-order valence-electron chi connectivity index (χ2n) is 5.18. The molecule has 0 atom stereocenters. The van der Waals surface area contributed by atoms with Crippen LogP contribution in [-0.2, 0) is 11.3 Å². The number of amides is 1. The largest absolute Gasteiger partial charge is 0.462 e. The summed E-state index contributed by atoms with van der Waals surface area (Å²) in [5, 5.41) is 0. The quantitative estimate of drug-likeness (QED) is 0.752. The van der Waals surface area contributed by atoms with Crippen LogP contribution >= 0.6 is 0 Å². The Balaban J connectivity index is 1.66. The van der Waals surface area contributed by atoms with Gasteiger partial charge >= 0.3 is 0 Å². The molecule has 0 saturated carbocycles. The van der Waals surface area contributed by atoms with Crippen LogP contribution in [0.1, 0.15) is 17.3 Å². The Kier molecular flexibility index (Phi) is 3.78. The Bertz CT molecular complexity index is 796. The number of H-pyrrole nitrogens is 1. The molecule has 1 amide bonds. The first-order valence-corrected chi connectivity index (χ1v) is 7.05. The molecule has 3 rings (SSSR count). The summed E-state index contributed by atoms with van der Waals surface area (Å²) in [5.41, 5.74) is 1.87. The molecular weight excluding hydrogens is 278 g/mol. The van der Waals surface area contributed by atoms with Crippen molar-refractivity contribution in [3.63, 3.8) is 0 Å². The fourth-order valence-electron chi connectivity index (χ4n) is 2.21. The number of likely N-dealkylation sites (N-methyl/N-ethyl adjacent to an activating group) is 1. The van der Waals surface area contributed by atoms with Crippen LogP contribution in [-0.4, -0.2) is 27.8 Å². The van der Waals surface area contributed by atoms with Gasteiger partial charge in [0.2, 0.25) is 5.91 Å². The summed E-state index contributed by atoms with van der Waals surface area (Å²) < 4.78 is 5.40. The predicted molar refractivity (Wildman–Crippen MR) is 85.0 cm³/mol. The average Bonchev–Trinajstić information content (AvgIpc) is 3.09. The average molecular weight is 295 g/mol. The van der Waals surface area contributed by atoms with Gasteiger partial charge in [-0.05, 0) is 37.3 Å². The SMILES string of the molecule is Cc1ccc(/C=C/C(=O)N(C)Cc2nc3ccccc3[nH]2)o1. The molecule has 5 nitrogen and oxygen atoms in total. The minimum Gasteiger partial charge on any atom is -0.462 e. The zero-order valence-electron chi connectivity index (χ0n) is 12.5. The maximum Gasteiger partial charge on any atom is 0.246 e. The van der Waals surface area contributed by atoms with E-state index in [9.17, 15) is 4.79 Å². The van der Waals surface area contributed by atoms with Gasteiger partial charge in [-0.15, -0.1) is 0 Å². The maximum absolute atomic E-state index is 12.1. The smallest absolute Gasteiger partial charge is 0.246 e. The number of aryl methyl sites for hydroxylation is 1. The van der Waals surface area contributed by atoms with Crippen molar-refractivity contribution >= 4 is 23.0 Å². The number of carbonyl (C=O) groups is 1. The third kappa shape index (κ3) is 3.09. The van der Waals surface area contributed by atoms with Crippen LogP contribution in [0, 0.1) is 6.92 Å². The van der Waals surface area contributed by atoms with Crippen molar-refractivity contribution in [2.45, 2.75) is 13.5 Å². The lowest BCUT2D eigenvalue weighted by atomic mass is 10.3. The molecule has 22 heavy (non-hydrogen) atoms. The molecular formula is C17H17N3O2. The minimum atomic E-state index is -0.102. The molecule has 5 heteroatoms. The van der Waals surface area contributed by atoms with Gasteiger partial charge < -0.3 is 14.3 Å². The van der Waals surface area contributed by atoms with Gasteiger partial charge in [0.25, 0.3) is 0 Å². The summed E-state index contributed by atoms with van der Waals surface area (Å²) >= 11 is 0. The highest BCUT2D eigenvalue weighted by molar-refractivity contribution is 5.91. The molecule has 1 aromatic carbocycles. The number of carbonyl (C=O) groups excluding carboxylic acids is 1. The number of fused-ring (bicyclic) bond motifs is 1. The molecule has 2 aromatic heterocycles. The predicted octanol–water partition coefficient (Wildman–Crippen LogP) is 3.14. The molecule has 0 bridgehead atoms. The van der Waals surface area contributed by atoms with Crippen LogP contribution in [0.15, 0.2) is 46.9 Å². The third-order valence-corrected chi connectivity index (χ3v) is 3.35. The van der Waals surface area contributed by atoms with E-state index < -0.39 is 0 Å². The minimum absolute atomic E-state index is 0.102. The maximum atomic E-state index is 12.1. The van der Waals surface area contributed by atoms with Crippen LogP contribution in [0.2, 0.25) is 0 Å².